The van der Waals surface area contributed by atoms with Crippen molar-refractivity contribution in [2.75, 3.05) is 10.6 Å². The molecule has 5 nitrogen and oxygen atoms in total. The quantitative estimate of drug-likeness (QED) is 0.780. The van der Waals surface area contributed by atoms with Crippen molar-refractivity contribution in [2.45, 2.75) is 26.3 Å². The molecule has 0 bridgehead atoms. The van der Waals surface area contributed by atoms with Gasteiger partial charge >= 0.3 is 0 Å². The van der Waals surface area contributed by atoms with Crippen LogP contribution in [-0.2, 0) is 9.59 Å². The molecule has 1 aromatic rings. The Morgan fingerprint density at radius 1 is 1.17 bits per heavy atom. The second kappa shape index (κ2) is 7.68. The predicted octanol–water partition coefficient (Wildman–Crippen LogP) is 1.74. The molecule has 1 rings (SSSR count). The van der Waals surface area contributed by atoms with Crippen LogP contribution in [-0.4, -0.2) is 17.9 Å². The normalized spacial score (nSPS) is 11.1. The summed E-state index contributed by atoms with van der Waals surface area (Å²) in [5.41, 5.74) is 6.94. The van der Waals surface area contributed by atoms with Crippen molar-refractivity contribution in [1.82, 2.24) is 0 Å². The molecule has 4 N–H and O–H groups in total. The Bertz CT molecular complexity index is 406. The standard InChI is InChI=1S/C12H17N3O2.ClH/c1-3-11(13)12(17)15-10-6-4-9(5-7-10)14-8(2)16;/h4-7,11H,3,13H2,1-2H3,(H,14,16)(H,15,17);1H/t11-;/m0./s1. The van der Waals surface area contributed by atoms with Crippen molar-refractivity contribution >= 4 is 35.6 Å². The summed E-state index contributed by atoms with van der Waals surface area (Å²) < 4.78 is 0. The second-order valence-electron chi connectivity index (χ2n) is 3.76. The number of hydrogen-bond acceptors (Lipinski definition) is 3. The van der Waals surface area contributed by atoms with Gasteiger partial charge in [0.25, 0.3) is 0 Å². The largest absolute Gasteiger partial charge is 0.326 e. The zero-order chi connectivity index (χ0) is 12.8. The SMILES string of the molecule is CC[C@H](N)C(=O)Nc1ccc(NC(C)=O)cc1.Cl. The Morgan fingerprint density at radius 2 is 1.61 bits per heavy atom. The van der Waals surface area contributed by atoms with Crippen molar-refractivity contribution in [2.24, 2.45) is 5.73 Å². The summed E-state index contributed by atoms with van der Waals surface area (Å²) in [7, 11) is 0. The smallest absolute Gasteiger partial charge is 0.241 e. The average molecular weight is 272 g/mol. The fourth-order valence-electron chi connectivity index (χ4n) is 1.26. The van der Waals surface area contributed by atoms with E-state index < -0.39 is 6.04 Å². The lowest BCUT2D eigenvalue weighted by Gasteiger charge is -2.10. The second-order valence-corrected chi connectivity index (χ2v) is 3.76. The topological polar surface area (TPSA) is 84.2 Å². The van der Waals surface area contributed by atoms with Gasteiger partial charge in [-0.05, 0) is 30.7 Å². The van der Waals surface area contributed by atoms with Gasteiger partial charge in [0.05, 0.1) is 6.04 Å². The van der Waals surface area contributed by atoms with E-state index in [1.54, 1.807) is 24.3 Å². The van der Waals surface area contributed by atoms with Crippen LogP contribution in [0.25, 0.3) is 0 Å². The number of rotatable bonds is 4. The van der Waals surface area contributed by atoms with E-state index >= 15 is 0 Å². The summed E-state index contributed by atoms with van der Waals surface area (Å²) in [6, 6.07) is 6.37. The molecule has 1 atom stereocenters. The van der Waals surface area contributed by atoms with Gasteiger partial charge in [-0.2, -0.15) is 0 Å². The minimum Gasteiger partial charge on any atom is -0.326 e. The summed E-state index contributed by atoms with van der Waals surface area (Å²) in [6.45, 7) is 3.29. The molecule has 0 aliphatic heterocycles. The highest BCUT2D eigenvalue weighted by Gasteiger charge is 2.10. The van der Waals surface area contributed by atoms with Gasteiger partial charge in [0.15, 0.2) is 0 Å². The fourth-order valence-corrected chi connectivity index (χ4v) is 1.26. The highest BCUT2D eigenvalue weighted by Crippen LogP contribution is 2.13. The molecule has 0 radical (unpaired) electrons. The molecule has 6 heteroatoms. The van der Waals surface area contributed by atoms with Gasteiger partial charge in [0.1, 0.15) is 0 Å². The Kier molecular flexibility index (Phi) is 7.00. The van der Waals surface area contributed by atoms with Crippen LogP contribution in [0.5, 0.6) is 0 Å². The van der Waals surface area contributed by atoms with Gasteiger partial charge in [0.2, 0.25) is 11.8 Å². The molecule has 0 heterocycles. The van der Waals surface area contributed by atoms with Crippen LogP contribution in [0.3, 0.4) is 0 Å². The Morgan fingerprint density at radius 3 is 2.00 bits per heavy atom. The summed E-state index contributed by atoms with van der Waals surface area (Å²) in [5.74, 6) is -0.338. The molecule has 18 heavy (non-hydrogen) atoms. The minimum absolute atomic E-state index is 0. The third-order valence-electron chi connectivity index (χ3n) is 2.25. The third kappa shape index (κ3) is 5.16. The first-order valence-electron chi connectivity index (χ1n) is 5.47. The summed E-state index contributed by atoms with van der Waals surface area (Å²) in [6.07, 6.45) is 0.593. The van der Waals surface area contributed by atoms with Crippen LogP contribution >= 0.6 is 12.4 Å². The minimum atomic E-state index is -0.495. The summed E-state index contributed by atoms with van der Waals surface area (Å²) in [5, 5.41) is 5.34. The van der Waals surface area contributed by atoms with E-state index in [4.69, 9.17) is 5.73 Å². The summed E-state index contributed by atoms with van der Waals surface area (Å²) in [4.78, 5) is 22.3. The van der Waals surface area contributed by atoms with E-state index in [1.165, 1.54) is 6.92 Å². The maximum atomic E-state index is 11.5. The van der Waals surface area contributed by atoms with E-state index in [-0.39, 0.29) is 24.2 Å². The number of nitrogens with two attached hydrogens (primary N) is 1. The van der Waals surface area contributed by atoms with Crippen LogP contribution in [0, 0.1) is 0 Å². The maximum Gasteiger partial charge on any atom is 0.241 e. The number of amides is 2. The first kappa shape index (κ1) is 16.4. The fraction of sp³-hybridized carbons (Fsp3) is 0.333. The van der Waals surface area contributed by atoms with Gasteiger partial charge < -0.3 is 16.4 Å². The van der Waals surface area contributed by atoms with E-state index in [1.807, 2.05) is 6.92 Å². The molecule has 0 unspecified atom stereocenters. The lowest BCUT2D eigenvalue weighted by Crippen LogP contribution is -2.34. The number of carbonyl (C=O) groups is 2. The highest BCUT2D eigenvalue weighted by atomic mass is 35.5. The summed E-state index contributed by atoms with van der Waals surface area (Å²) >= 11 is 0. The predicted molar refractivity (Wildman–Crippen MR) is 74.9 cm³/mol. The van der Waals surface area contributed by atoms with Gasteiger partial charge in [-0.25, -0.2) is 0 Å². The molecule has 0 aliphatic carbocycles. The Hall–Kier alpha value is -1.59. The lowest BCUT2D eigenvalue weighted by molar-refractivity contribution is -0.117. The molecule has 0 aliphatic rings. The number of halogens is 1. The molecule has 2 amide bonds. The molecule has 0 aromatic heterocycles. The van der Waals surface area contributed by atoms with Crippen LogP contribution in [0.15, 0.2) is 24.3 Å². The van der Waals surface area contributed by atoms with E-state index in [9.17, 15) is 9.59 Å². The van der Waals surface area contributed by atoms with Crippen LogP contribution in [0.4, 0.5) is 11.4 Å². The van der Waals surface area contributed by atoms with Crippen LogP contribution in [0.2, 0.25) is 0 Å². The first-order valence-corrected chi connectivity index (χ1v) is 5.47. The van der Waals surface area contributed by atoms with Crippen molar-refractivity contribution in [3.63, 3.8) is 0 Å². The van der Waals surface area contributed by atoms with Crippen molar-refractivity contribution in [1.29, 1.82) is 0 Å². The van der Waals surface area contributed by atoms with Crippen LogP contribution in [0.1, 0.15) is 20.3 Å². The third-order valence-corrected chi connectivity index (χ3v) is 2.25. The molecule has 0 spiro atoms. The van der Waals surface area contributed by atoms with E-state index in [2.05, 4.69) is 10.6 Å². The average Bonchev–Trinajstić information content (AvgIpc) is 2.30. The van der Waals surface area contributed by atoms with E-state index in [0.717, 1.165) is 0 Å². The van der Waals surface area contributed by atoms with Crippen molar-refractivity contribution in [3.8, 4) is 0 Å². The van der Waals surface area contributed by atoms with Crippen molar-refractivity contribution < 1.29 is 9.59 Å². The molecule has 100 valence electrons. The van der Waals surface area contributed by atoms with E-state index in [0.29, 0.717) is 17.8 Å². The lowest BCUT2D eigenvalue weighted by atomic mass is 10.2. The van der Waals surface area contributed by atoms with Gasteiger partial charge in [-0.3, -0.25) is 9.59 Å². The molecule has 0 saturated heterocycles. The molecule has 0 fully saturated rings. The monoisotopic (exact) mass is 271 g/mol. The highest BCUT2D eigenvalue weighted by molar-refractivity contribution is 5.95. The molecule has 1 aromatic carbocycles. The number of anilines is 2. The number of carbonyl (C=O) groups excluding carboxylic acids is 2. The van der Waals surface area contributed by atoms with Crippen LogP contribution < -0.4 is 16.4 Å². The van der Waals surface area contributed by atoms with Crippen molar-refractivity contribution in [3.05, 3.63) is 24.3 Å². The zero-order valence-corrected chi connectivity index (χ0v) is 11.2. The maximum absolute atomic E-state index is 11.5. The number of nitrogens with one attached hydrogen (secondary N) is 2. The first-order chi connectivity index (χ1) is 8.02. The van der Waals surface area contributed by atoms with Gasteiger partial charge in [-0.15, -0.1) is 12.4 Å². The Balaban J connectivity index is 0.00000289. The number of hydrogen-bond donors (Lipinski definition) is 3. The molecular weight excluding hydrogens is 254 g/mol. The van der Waals surface area contributed by atoms with Gasteiger partial charge in [0, 0.05) is 18.3 Å². The zero-order valence-electron chi connectivity index (χ0n) is 10.4. The molecular formula is C12H18ClN3O2. The Labute approximate surface area is 113 Å². The number of benzene rings is 1. The molecule has 0 saturated carbocycles. The van der Waals surface area contributed by atoms with Gasteiger partial charge in [-0.1, -0.05) is 6.92 Å².